The molecule has 1 aromatic carbocycles. The molecule has 27 heavy (non-hydrogen) atoms. The van der Waals surface area contributed by atoms with Gasteiger partial charge in [0, 0.05) is 11.9 Å². The molecule has 2 heterocycles. The molecule has 7 heteroatoms. The van der Waals surface area contributed by atoms with E-state index in [1.54, 1.807) is 29.8 Å². The Kier molecular flexibility index (Phi) is 6.98. The Morgan fingerprint density at radius 3 is 2.81 bits per heavy atom. The minimum absolute atomic E-state index is 0.0540. The minimum atomic E-state index is -0.0540. The number of ether oxygens (including phenoxy) is 1. The molecule has 0 bridgehead atoms. The van der Waals surface area contributed by atoms with Gasteiger partial charge in [-0.15, -0.1) is 22.7 Å². The number of thiazole rings is 1. The third kappa shape index (κ3) is 5.38. The van der Waals surface area contributed by atoms with Gasteiger partial charge in [0.05, 0.1) is 29.9 Å². The second kappa shape index (κ2) is 9.64. The molecule has 5 nitrogen and oxygen atoms in total. The number of carbonyl (C=O) groups is 1. The van der Waals surface area contributed by atoms with E-state index in [1.165, 1.54) is 4.88 Å². The maximum Gasteiger partial charge on any atom is 0.238 e. The van der Waals surface area contributed by atoms with Gasteiger partial charge in [-0.2, -0.15) is 0 Å². The summed E-state index contributed by atoms with van der Waals surface area (Å²) >= 11 is 3.34. The largest absolute Gasteiger partial charge is 0.495 e. The van der Waals surface area contributed by atoms with Crippen LogP contribution in [0.1, 0.15) is 19.0 Å². The van der Waals surface area contributed by atoms with E-state index in [2.05, 4.69) is 34.0 Å². The molecule has 1 amide bonds. The molecular formula is C20H23N3O2S2. The van der Waals surface area contributed by atoms with Crippen molar-refractivity contribution in [3.8, 4) is 15.6 Å². The van der Waals surface area contributed by atoms with E-state index in [0.717, 1.165) is 23.7 Å². The number of methoxy groups -OCH3 is 1. The van der Waals surface area contributed by atoms with Crippen LogP contribution in [0, 0.1) is 0 Å². The first-order valence-electron chi connectivity index (χ1n) is 8.83. The fraction of sp³-hybridized carbons (Fsp3) is 0.300. The van der Waals surface area contributed by atoms with Gasteiger partial charge < -0.3 is 10.1 Å². The summed E-state index contributed by atoms with van der Waals surface area (Å²) < 4.78 is 5.30. The van der Waals surface area contributed by atoms with Crippen molar-refractivity contribution < 1.29 is 9.53 Å². The summed E-state index contributed by atoms with van der Waals surface area (Å²) in [7, 11) is 1.60. The second-order valence-corrected chi connectivity index (χ2v) is 7.89. The van der Waals surface area contributed by atoms with E-state index in [9.17, 15) is 4.79 Å². The zero-order chi connectivity index (χ0) is 19.1. The SMILES string of the molecule is CCCN(CC(=O)Nc1ccccc1OC)Cc1csc(-c2cccs2)n1. The first-order valence-corrected chi connectivity index (χ1v) is 10.6. The number of hydrogen-bond acceptors (Lipinski definition) is 6. The van der Waals surface area contributed by atoms with Gasteiger partial charge in [-0.05, 0) is 36.5 Å². The standard InChI is InChI=1S/C20H23N3O2S2/c1-3-10-23(12-15-14-27-20(21-15)18-9-6-11-26-18)13-19(24)22-16-7-4-5-8-17(16)25-2/h4-9,11,14H,3,10,12-13H2,1-2H3,(H,22,24). The topological polar surface area (TPSA) is 54.5 Å². The van der Waals surface area contributed by atoms with E-state index < -0.39 is 0 Å². The summed E-state index contributed by atoms with van der Waals surface area (Å²) in [4.78, 5) is 20.6. The number of aromatic nitrogens is 1. The van der Waals surface area contributed by atoms with Crippen LogP contribution in [-0.2, 0) is 11.3 Å². The molecule has 142 valence electrons. The van der Waals surface area contributed by atoms with Crippen LogP contribution in [0.25, 0.3) is 9.88 Å². The molecule has 0 spiro atoms. The zero-order valence-corrected chi connectivity index (χ0v) is 17.1. The number of nitrogens with zero attached hydrogens (tertiary/aromatic N) is 2. The average Bonchev–Trinajstić information content (AvgIpc) is 3.34. The summed E-state index contributed by atoms with van der Waals surface area (Å²) in [6.07, 6.45) is 0.976. The number of benzene rings is 1. The molecule has 2 aromatic heterocycles. The van der Waals surface area contributed by atoms with Gasteiger partial charge in [-0.25, -0.2) is 4.98 Å². The van der Waals surface area contributed by atoms with E-state index in [0.29, 0.717) is 24.5 Å². The van der Waals surface area contributed by atoms with E-state index >= 15 is 0 Å². The van der Waals surface area contributed by atoms with Crippen LogP contribution < -0.4 is 10.1 Å². The number of anilines is 1. The van der Waals surface area contributed by atoms with Crippen LogP contribution in [0.4, 0.5) is 5.69 Å². The van der Waals surface area contributed by atoms with Crippen molar-refractivity contribution in [3.05, 3.63) is 52.9 Å². The molecule has 3 aromatic rings. The summed E-state index contributed by atoms with van der Waals surface area (Å²) in [6, 6.07) is 11.6. The normalized spacial score (nSPS) is 10.9. The van der Waals surface area contributed by atoms with Gasteiger partial charge in [0.15, 0.2) is 0 Å². The highest BCUT2D eigenvalue weighted by Gasteiger charge is 2.15. The Morgan fingerprint density at radius 1 is 1.22 bits per heavy atom. The molecule has 0 radical (unpaired) electrons. The molecule has 0 atom stereocenters. The summed E-state index contributed by atoms with van der Waals surface area (Å²) in [5.41, 5.74) is 1.69. The van der Waals surface area contributed by atoms with Crippen molar-refractivity contribution in [1.29, 1.82) is 0 Å². The summed E-state index contributed by atoms with van der Waals surface area (Å²) in [6.45, 7) is 3.93. The van der Waals surface area contributed by atoms with Gasteiger partial charge in [0.25, 0.3) is 0 Å². The second-order valence-electron chi connectivity index (χ2n) is 6.08. The molecule has 1 N–H and O–H groups in total. The van der Waals surface area contributed by atoms with Crippen LogP contribution in [-0.4, -0.2) is 36.0 Å². The number of thiophene rings is 1. The monoisotopic (exact) mass is 401 g/mol. The van der Waals surface area contributed by atoms with E-state index in [-0.39, 0.29) is 5.91 Å². The Morgan fingerprint density at radius 2 is 2.07 bits per heavy atom. The lowest BCUT2D eigenvalue weighted by Gasteiger charge is -2.20. The first-order chi connectivity index (χ1) is 13.2. The highest BCUT2D eigenvalue weighted by atomic mass is 32.1. The van der Waals surface area contributed by atoms with Crippen molar-refractivity contribution in [2.45, 2.75) is 19.9 Å². The lowest BCUT2D eigenvalue weighted by atomic mass is 10.3. The lowest BCUT2D eigenvalue weighted by molar-refractivity contribution is -0.117. The summed E-state index contributed by atoms with van der Waals surface area (Å²) in [5.74, 6) is 0.606. The number of amides is 1. The van der Waals surface area contributed by atoms with Crippen LogP contribution in [0.5, 0.6) is 5.75 Å². The number of rotatable bonds is 9. The lowest BCUT2D eigenvalue weighted by Crippen LogP contribution is -2.33. The van der Waals surface area contributed by atoms with Crippen molar-refractivity contribution >= 4 is 34.3 Å². The van der Waals surface area contributed by atoms with E-state index in [1.807, 2.05) is 30.3 Å². The van der Waals surface area contributed by atoms with Crippen LogP contribution in [0.15, 0.2) is 47.2 Å². The van der Waals surface area contributed by atoms with Gasteiger partial charge in [0.1, 0.15) is 10.8 Å². The van der Waals surface area contributed by atoms with Crippen LogP contribution >= 0.6 is 22.7 Å². The van der Waals surface area contributed by atoms with Crippen molar-refractivity contribution in [1.82, 2.24) is 9.88 Å². The van der Waals surface area contributed by atoms with Crippen molar-refractivity contribution in [2.24, 2.45) is 0 Å². The molecule has 0 fully saturated rings. The van der Waals surface area contributed by atoms with Gasteiger partial charge in [-0.1, -0.05) is 25.1 Å². The summed E-state index contributed by atoms with van der Waals surface area (Å²) in [5, 5.41) is 8.12. The molecule has 0 aliphatic carbocycles. The third-order valence-electron chi connectivity index (χ3n) is 3.96. The quantitative estimate of drug-likeness (QED) is 0.563. The third-order valence-corrected chi connectivity index (χ3v) is 5.89. The Bertz CT molecular complexity index is 862. The molecular weight excluding hydrogens is 378 g/mol. The van der Waals surface area contributed by atoms with Crippen LogP contribution in [0.3, 0.4) is 0 Å². The number of carbonyl (C=O) groups excluding carboxylic acids is 1. The Balaban J connectivity index is 1.62. The molecule has 0 aliphatic rings. The first kappa shape index (κ1) is 19.5. The zero-order valence-electron chi connectivity index (χ0n) is 15.5. The van der Waals surface area contributed by atoms with Crippen molar-refractivity contribution in [2.75, 3.05) is 25.5 Å². The fourth-order valence-electron chi connectivity index (χ4n) is 2.79. The van der Waals surface area contributed by atoms with Gasteiger partial charge >= 0.3 is 0 Å². The Labute approximate surface area is 167 Å². The van der Waals surface area contributed by atoms with Gasteiger partial charge in [0.2, 0.25) is 5.91 Å². The molecule has 0 unspecified atom stereocenters. The fourth-order valence-corrected chi connectivity index (χ4v) is 4.42. The average molecular weight is 402 g/mol. The maximum atomic E-state index is 12.5. The number of nitrogens with one attached hydrogen (secondary N) is 1. The van der Waals surface area contributed by atoms with Crippen molar-refractivity contribution in [3.63, 3.8) is 0 Å². The molecule has 0 saturated heterocycles. The van der Waals surface area contributed by atoms with E-state index in [4.69, 9.17) is 9.72 Å². The highest BCUT2D eigenvalue weighted by molar-refractivity contribution is 7.20. The molecule has 0 aliphatic heterocycles. The highest BCUT2D eigenvalue weighted by Crippen LogP contribution is 2.28. The molecule has 3 rings (SSSR count). The predicted molar refractivity (Wildman–Crippen MR) is 113 cm³/mol. The minimum Gasteiger partial charge on any atom is -0.495 e. The van der Waals surface area contributed by atoms with Crippen LogP contribution in [0.2, 0.25) is 0 Å². The smallest absolute Gasteiger partial charge is 0.238 e. The number of para-hydroxylation sites is 2. The Hall–Kier alpha value is -2.22. The maximum absolute atomic E-state index is 12.5. The predicted octanol–water partition coefficient (Wildman–Crippen LogP) is 4.73. The molecule has 0 saturated carbocycles. The number of hydrogen-bond donors (Lipinski definition) is 1. The van der Waals surface area contributed by atoms with Gasteiger partial charge in [-0.3, -0.25) is 9.69 Å².